The lowest BCUT2D eigenvalue weighted by atomic mass is 10.1. The van der Waals surface area contributed by atoms with Crippen LogP contribution >= 0.6 is 0 Å². The molecule has 10 nitrogen and oxygen atoms in total. The topological polar surface area (TPSA) is 145 Å². The second-order valence-corrected chi connectivity index (χ2v) is 9.54. The lowest BCUT2D eigenvalue weighted by molar-refractivity contribution is -0.385. The van der Waals surface area contributed by atoms with Crippen LogP contribution in [0.15, 0.2) is 41.3 Å². The molecule has 166 valence electrons. The third-order valence-electron chi connectivity index (χ3n) is 3.65. The maximum atomic E-state index is 14.0. The lowest BCUT2D eigenvalue weighted by Gasteiger charge is -2.20. The summed E-state index contributed by atoms with van der Waals surface area (Å²) < 4.78 is 42.6. The van der Waals surface area contributed by atoms with Crippen molar-refractivity contribution in [2.75, 3.05) is 16.9 Å². The molecular formula is C19H20FN3O7S. The van der Waals surface area contributed by atoms with Crippen molar-refractivity contribution in [1.82, 2.24) is 0 Å². The van der Waals surface area contributed by atoms with Crippen LogP contribution in [0.5, 0.6) is 0 Å². The number of benzene rings is 2. The van der Waals surface area contributed by atoms with Gasteiger partial charge in [-0.3, -0.25) is 20.2 Å². The van der Waals surface area contributed by atoms with Gasteiger partial charge in [-0.25, -0.2) is 17.6 Å². The summed E-state index contributed by atoms with van der Waals surface area (Å²) in [4.78, 5) is 34.3. The minimum absolute atomic E-state index is 0.0462. The third-order valence-corrected chi connectivity index (χ3v) is 4.74. The van der Waals surface area contributed by atoms with Gasteiger partial charge in [0, 0.05) is 29.6 Å². The number of nitro groups is 1. The highest BCUT2D eigenvalue weighted by molar-refractivity contribution is 7.90. The van der Waals surface area contributed by atoms with Gasteiger partial charge in [-0.15, -0.1) is 0 Å². The molecule has 0 aromatic heterocycles. The first-order valence-electron chi connectivity index (χ1n) is 8.76. The molecule has 2 amide bonds. The first-order valence-corrected chi connectivity index (χ1v) is 10.7. The average molecular weight is 453 g/mol. The van der Waals surface area contributed by atoms with E-state index in [-0.39, 0.29) is 16.9 Å². The van der Waals surface area contributed by atoms with Crippen LogP contribution in [0, 0.1) is 15.9 Å². The molecule has 2 rings (SSSR count). The van der Waals surface area contributed by atoms with Crippen molar-refractivity contribution in [2.45, 2.75) is 31.3 Å². The molecule has 0 aliphatic rings. The minimum Gasteiger partial charge on any atom is -0.444 e. The Morgan fingerprint density at radius 1 is 1.10 bits per heavy atom. The molecule has 31 heavy (non-hydrogen) atoms. The number of hydrogen-bond acceptors (Lipinski definition) is 7. The van der Waals surface area contributed by atoms with E-state index in [4.69, 9.17) is 4.74 Å². The summed E-state index contributed by atoms with van der Waals surface area (Å²) in [6.07, 6.45) is -0.0612. The SMILES string of the molecule is CC(C)(C)OC(=O)Nc1cc(NC(=O)c2cc([N+](=O)[O-])cc(S(C)(=O)=O)c2)ccc1F. The van der Waals surface area contributed by atoms with Gasteiger partial charge in [-0.1, -0.05) is 0 Å². The highest BCUT2D eigenvalue weighted by Gasteiger charge is 2.20. The summed E-state index contributed by atoms with van der Waals surface area (Å²) in [7, 11) is -3.82. The number of ether oxygens (including phenoxy) is 1. The Morgan fingerprint density at radius 3 is 2.29 bits per heavy atom. The number of halogens is 1. The molecule has 2 aromatic rings. The van der Waals surface area contributed by atoms with E-state index in [0.717, 1.165) is 36.6 Å². The van der Waals surface area contributed by atoms with Crippen molar-refractivity contribution in [2.24, 2.45) is 0 Å². The minimum atomic E-state index is -3.82. The van der Waals surface area contributed by atoms with E-state index in [2.05, 4.69) is 10.6 Å². The molecule has 2 N–H and O–H groups in total. The molecule has 0 aliphatic heterocycles. The molecule has 0 heterocycles. The predicted molar refractivity (Wildman–Crippen MR) is 110 cm³/mol. The van der Waals surface area contributed by atoms with Gasteiger partial charge in [0.15, 0.2) is 9.84 Å². The number of carbonyl (C=O) groups is 2. The van der Waals surface area contributed by atoms with Gasteiger partial charge in [-0.2, -0.15) is 0 Å². The lowest BCUT2D eigenvalue weighted by Crippen LogP contribution is -2.27. The Labute approximate surface area is 177 Å². The Hall–Kier alpha value is -3.54. The van der Waals surface area contributed by atoms with Gasteiger partial charge in [0.25, 0.3) is 11.6 Å². The Balaban J connectivity index is 2.31. The molecule has 0 saturated carbocycles. The zero-order valence-corrected chi connectivity index (χ0v) is 17.9. The summed E-state index contributed by atoms with van der Waals surface area (Å²) in [6.45, 7) is 4.89. The number of hydrogen-bond donors (Lipinski definition) is 2. The molecule has 0 spiro atoms. The second-order valence-electron chi connectivity index (χ2n) is 7.52. The summed E-state index contributed by atoms with van der Waals surface area (Å²) >= 11 is 0. The monoisotopic (exact) mass is 453 g/mol. The van der Waals surface area contributed by atoms with Crippen LogP contribution in [0.3, 0.4) is 0 Å². The molecule has 12 heteroatoms. The molecule has 0 fully saturated rings. The van der Waals surface area contributed by atoms with Crippen LogP contribution in [0.4, 0.5) is 26.2 Å². The summed E-state index contributed by atoms with van der Waals surface area (Å²) in [5.41, 5.74) is -1.92. The zero-order valence-electron chi connectivity index (χ0n) is 17.1. The maximum Gasteiger partial charge on any atom is 0.412 e. The standard InChI is InChI=1S/C19H20FN3O7S/c1-19(2,3)30-18(25)22-16-9-12(5-6-15(16)20)21-17(24)11-7-13(23(26)27)10-14(8-11)31(4,28)29/h5-10H,1-4H3,(H,21,24)(H,22,25). The van der Waals surface area contributed by atoms with Crippen LogP contribution in [0.25, 0.3) is 0 Å². The molecule has 0 radical (unpaired) electrons. The van der Waals surface area contributed by atoms with Gasteiger partial charge < -0.3 is 10.1 Å². The van der Waals surface area contributed by atoms with Crippen molar-refractivity contribution in [3.05, 3.63) is 57.9 Å². The van der Waals surface area contributed by atoms with E-state index in [0.29, 0.717) is 0 Å². The fraction of sp³-hybridized carbons (Fsp3) is 0.263. The molecule has 0 bridgehead atoms. The number of carbonyl (C=O) groups excluding carboxylic acids is 2. The summed E-state index contributed by atoms with van der Waals surface area (Å²) in [5.74, 6) is -1.66. The summed E-state index contributed by atoms with van der Waals surface area (Å²) in [6, 6.07) is 6.04. The van der Waals surface area contributed by atoms with E-state index in [1.165, 1.54) is 6.07 Å². The number of nitrogens with zero attached hydrogens (tertiary/aromatic N) is 1. The van der Waals surface area contributed by atoms with E-state index in [9.17, 15) is 32.5 Å². The van der Waals surface area contributed by atoms with E-state index in [1.54, 1.807) is 20.8 Å². The molecule has 0 saturated heterocycles. The molecule has 2 aromatic carbocycles. The van der Waals surface area contributed by atoms with Crippen molar-refractivity contribution in [3.8, 4) is 0 Å². The Bertz CT molecular complexity index is 1160. The van der Waals surface area contributed by atoms with E-state index < -0.39 is 48.8 Å². The third kappa shape index (κ3) is 6.74. The van der Waals surface area contributed by atoms with Crippen molar-refractivity contribution >= 4 is 38.9 Å². The molecular weight excluding hydrogens is 433 g/mol. The van der Waals surface area contributed by atoms with Gasteiger partial charge in [-0.05, 0) is 45.0 Å². The van der Waals surface area contributed by atoms with E-state index in [1.807, 2.05) is 0 Å². The number of non-ortho nitro benzene ring substituents is 1. The molecule has 0 atom stereocenters. The number of sulfone groups is 1. The van der Waals surface area contributed by atoms with Crippen LogP contribution in [-0.2, 0) is 14.6 Å². The first kappa shape index (κ1) is 23.7. The normalized spacial score (nSPS) is 11.5. The zero-order chi connectivity index (χ0) is 23.6. The quantitative estimate of drug-likeness (QED) is 0.518. The predicted octanol–water partition coefficient (Wildman–Crippen LogP) is 3.74. The molecule has 0 aliphatic carbocycles. The van der Waals surface area contributed by atoms with Gasteiger partial charge in [0.2, 0.25) is 0 Å². The second kappa shape index (κ2) is 8.68. The van der Waals surface area contributed by atoms with Crippen molar-refractivity contribution in [1.29, 1.82) is 0 Å². The fourth-order valence-corrected chi connectivity index (χ4v) is 3.03. The fourth-order valence-electron chi connectivity index (χ4n) is 2.35. The number of amides is 2. The maximum absolute atomic E-state index is 14.0. The number of rotatable bonds is 5. The number of nitro benzene ring substituents is 1. The number of anilines is 2. The van der Waals surface area contributed by atoms with Crippen LogP contribution in [-0.4, -0.2) is 37.2 Å². The summed E-state index contributed by atoms with van der Waals surface area (Å²) in [5, 5.41) is 15.7. The van der Waals surface area contributed by atoms with Crippen molar-refractivity contribution in [3.63, 3.8) is 0 Å². The first-order chi connectivity index (χ1) is 14.2. The van der Waals surface area contributed by atoms with Crippen LogP contribution < -0.4 is 10.6 Å². The van der Waals surface area contributed by atoms with Crippen LogP contribution in [0.2, 0.25) is 0 Å². The highest BCUT2D eigenvalue weighted by Crippen LogP contribution is 2.24. The Kier molecular flexibility index (Phi) is 6.64. The van der Waals surface area contributed by atoms with Gasteiger partial charge in [0.1, 0.15) is 11.4 Å². The smallest absolute Gasteiger partial charge is 0.412 e. The van der Waals surface area contributed by atoms with Crippen LogP contribution in [0.1, 0.15) is 31.1 Å². The highest BCUT2D eigenvalue weighted by atomic mass is 32.2. The largest absolute Gasteiger partial charge is 0.444 e. The van der Waals surface area contributed by atoms with Gasteiger partial charge in [0.05, 0.1) is 15.5 Å². The van der Waals surface area contributed by atoms with Gasteiger partial charge >= 0.3 is 6.09 Å². The average Bonchev–Trinajstić information content (AvgIpc) is 2.61. The Morgan fingerprint density at radius 2 is 1.74 bits per heavy atom. The van der Waals surface area contributed by atoms with E-state index >= 15 is 0 Å². The molecule has 0 unspecified atom stereocenters. The number of nitrogens with one attached hydrogen (secondary N) is 2. The van der Waals surface area contributed by atoms with Crippen molar-refractivity contribution < 1.29 is 32.1 Å².